The molecule has 5 heterocycles. The summed E-state index contributed by atoms with van der Waals surface area (Å²) in [6, 6.07) is 15.5. The molecule has 5 aromatic rings. The maximum Gasteiger partial charge on any atom is 0.253 e. The van der Waals surface area contributed by atoms with Crippen LogP contribution in [0.4, 0.5) is 17.2 Å². The molecule has 0 aliphatic carbocycles. The first-order valence-electron chi connectivity index (χ1n) is 15.0. The van der Waals surface area contributed by atoms with Crippen LogP contribution in [-0.4, -0.2) is 86.6 Å². The largest absolute Gasteiger partial charge is 0.457 e. The van der Waals surface area contributed by atoms with Crippen molar-refractivity contribution in [2.45, 2.75) is 19.8 Å². The van der Waals surface area contributed by atoms with Gasteiger partial charge < -0.3 is 24.8 Å². The molecular weight excluding hydrogens is 554 g/mol. The number of carbonyl (C=O) groups is 1. The Morgan fingerprint density at radius 1 is 0.955 bits per heavy atom. The second-order valence-corrected chi connectivity index (χ2v) is 11.4. The lowest BCUT2D eigenvalue weighted by molar-refractivity contribution is -0.114. The number of hydrogen-bond acceptors (Lipinski definition) is 9. The predicted molar refractivity (Wildman–Crippen MR) is 171 cm³/mol. The van der Waals surface area contributed by atoms with Gasteiger partial charge >= 0.3 is 0 Å². The molecule has 2 saturated heterocycles. The lowest BCUT2D eigenvalue weighted by atomic mass is 10.1. The monoisotopic (exact) mass is 589 g/mol. The van der Waals surface area contributed by atoms with E-state index < -0.39 is 0 Å². The van der Waals surface area contributed by atoms with E-state index in [1.807, 2.05) is 66.6 Å². The molecule has 3 aromatic heterocycles. The lowest BCUT2D eigenvalue weighted by Crippen LogP contribution is -2.44. The lowest BCUT2D eigenvalue weighted by Gasteiger charge is -2.32. The molecule has 11 heteroatoms. The third-order valence-corrected chi connectivity index (χ3v) is 8.40. The Bertz CT molecular complexity index is 1860. The first-order valence-corrected chi connectivity index (χ1v) is 15.0. The number of aryl methyl sites for hydroxylation is 1. The first-order chi connectivity index (χ1) is 21.5. The number of anilines is 3. The van der Waals surface area contributed by atoms with Gasteiger partial charge in [0.25, 0.3) is 5.91 Å². The minimum atomic E-state index is 0.0865. The fraction of sp³-hybridized carbons (Fsp3) is 0.303. The summed E-state index contributed by atoms with van der Waals surface area (Å²) in [6.07, 6.45) is 8.69. The second kappa shape index (κ2) is 12.0. The van der Waals surface area contributed by atoms with E-state index in [0.29, 0.717) is 18.1 Å². The van der Waals surface area contributed by atoms with Crippen LogP contribution in [0.1, 0.15) is 18.4 Å². The molecule has 1 N–H and O–H groups in total. The van der Waals surface area contributed by atoms with Crippen LogP contribution in [-0.2, 0) is 4.79 Å². The number of piperazine rings is 1. The molecule has 2 aromatic carbocycles. The fourth-order valence-corrected chi connectivity index (χ4v) is 5.82. The summed E-state index contributed by atoms with van der Waals surface area (Å²) >= 11 is 0. The number of likely N-dealkylation sites (N-methyl/N-ethyl adjacent to an activating group) is 1. The zero-order valence-corrected chi connectivity index (χ0v) is 25.0. The van der Waals surface area contributed by atoms with Gasteiger partial charge in [-0.15, -0.1) is 0 Å². The molecule has 44 heavy (non-hydrogen) atoms. The van der Waals surface area contributed by atoms with E-state index in [1.54, 1.807) is 10.8 Å². The Morgan fingerprint density at radius 2 is 1.84 bits per heavy atom. The number of benzene rings is 2. The van der Waals surface area contributed by atoms with Crippen molar-refractivity contribution in [3.63, 3.8) is 0 Å². The van der Waals surface area contributed by atoms with Gasteiger partial charge in [-0.2, -0.15) is 5.10 Å². The summed E-state index contributed by atoms with van der Waals surface area (Å²) in [4.78, 5) is 33.3. The van der Waals surface area contributed by atoms with E-state index >= 15 is 0 Å². The molecule has 0 unspecified atom stereocenters. The van der Waals surface area contributed by atoms with Gasteiger partial charge in [-0.3, -0.25) is 4.79 Å². The maximum absolute atomic E-state index is 13.4. The third-order valence-electron chi connectivity index (χ3n) is 8.40. The highest BCUT2D eigenvalue weighted by atomic mass is 16.5. The highest BCUT2D eigenvalue weighted by Crippen LogP contribution is 2.33. The summed E-state index contributed by atoms with van der Waals surface area (Å²) in [6.45, 7) is 8.07. The Morgan fingerprint density at radius 3 is 2.70 bits per heavy atom. The van der Waals surface area contributed by atoms with Crippen LogP contribution in [0.15, 0.2) is 79.0 Å². The molecular formula is C33H35N9O2. The number of aromatic nitrogens is 5. The number of carbonyl (C=O) groups excluding carboxylic acids is 1. The van der Waals surface area contributed by atoms with Crippen LogP contribution in [0, 0.1) is 6.92 Å². The van der Waals surface area contributed by atoms with Gasteiger partial charge in [0.15, 0.2) is 5.65 Å². The molecule has 0 saturated carbocycles. The Labute approximate surface area is 255 Å². The van der Waals surface area contributed by atoms with Gasteiger partial charge in [0.05, 0.1) is 5.52 Å². The standard InChI is InChI=1S/C33H35N9O2/c1-23-18-25(5-8-30(23)44-27-10-13-42-31(20-27)35-22-37-42)38-32-28-19-26(6-7-29(28)34-21-36-32)41-12-9-24(33(41)43)4-3-11-40-16-14-39(2)15-17-40/h4-8,10,13,18-22H,3,9,11-12,14-17H2,1-2H3,(H,34,36,38). The molecule has 2 aliphatic heterocycles. The second-order valence-electron chi connectivity index (χ2n) is 11.4. The molecule has 2 fully saturated rings. The molecule has 0 radical (unpaired) electrons. The van der Waals surface area contributed by atoms with Crippen LogP contribution in [0.3, 0.4) is 0 Å². The fourth-order valence-electron chi connectivity index (χ4n) is 5.82. The normalized spacial score (nSPS) is 17.3. The third kappa shape index (κ3) is 5.84. The molecule has 224 valence electrons. The van der Waals surface area contributed by atoms with Crippen molar-refractivity contribution in [2.24, 2.45) is 0 Å². The van der Waals surface area contributed by atoms with Crippen molar-refractivity contribution in [1.82, 2.24) is 34.4 Å². The van der Waals surface area contributed by atoms with Crippen LogP contribution in [0.25, 0.3) is 16.6 Å². The number of pyridine rings is 1. The molecule has 0 atom stereocenters. The van der Waals surface area contributed by atoms with E-state index in [1.165, 1.54) is 6.33 Å². The Kier molecular flexibility index (Phi) is 7.63. The Hall–Kier alpha value is -4.87. The number of ether oxygens (including phenoxy) is 1. The number of amides is 1. The van der Waals surface area contributed by atoms with Gasteiger partial charge in [-0.05, 0) is 74.8 Å². The first kappa shape index (κ1) is 27.9. The van der Waals surface area contributed by atoms with E-state index in [0.717, 1.165) is 90.4 Å². The average Bonchev–Trinajstić information content (AvgIpc) is 3.65. The minimum absolute atomic E-state index is 0.0865. The van der Waals surface area contributed by atoms with Crippen molar-refractivity contribution in [3.8, 4) is 11.5 Å². The van der Waals surface area contributed by atoms with Gasteiger partial charge in [-0.25, -0.2) is 19.5 Å². The molecule has 0 bridgehead atoms. The number of hydrogen-bond donors (Lipinski definition) is 1. The van der Waals surface area contributed by atoms with Crippen LogP contribution in [0.5, 0.6) is 11.5 Å². The number of fused-ring (bicyclic) bond motifs is 2. The molecule has 1 amide bonds. The number of rotatable bonds is 8. The highest BCUT2D eigenvalue weighted by molar-refractivity contribution is 6.09. The SMILES string of the molecule is Cc1cc(Nc2ncnc3ccc(N4CCC(=CCCN5CCN(C)CC5)C4=O)cc23)ccc1Oc1ccn2ncnc2c1. The van der Waals surface area contributed by atoms with Gasteiger partial charge in [-0.1, -0.05) is 6.08 Å². The quantitative estimate of drug-likeness (QED) is 0.255. The zero-order valence-electron chi connectivity index (χ0n) is 25.0. The smallest absolute Gasteiger partial charge is 0.253 e. The Balaban J connectivity index is 1.05. The van der Waals surface area contributed by atoms with Crippen molar-refractivity contribution in [2.75, 3.05) is 56.5 Å². The van der Waals surface area contributed by atoms with E-state index in [9.17, 15) is 4.79 Å². The summed E-state index contributed by atoms with van der Waals surface area (Å²) in [5.41, 5.74) is 5.12. The van der Waals surface area contributed by atoms with E-state index in [2.05, 4.69) is 48.3 Å². The minimum Gasteiger partial charge on any atom is -0.457 e. The number of nitrogens with zero attached hydrogens (tertiary/aromatic N) is 8. The molecule has 2 aliphatic rings. The maximum atomic E-state index is 13.4. The number of nitrogens with one attached hydrogen (secondary N) is 1. The predicted octanol–water partition coefficient (Wildman–Crippen LogP) is 4.82. The van der Waals surface area contributed by atoms with E-state index in [4.69, 9.17) is 4.74 Å². The van der Waals surface area contributed by atoms with Crippen molar-refractivity contribution in [3.05, 3.63) is 84.6 Å². The summed E-state index contributed by atoms with van der Waals surface area (Å²) in [5.74, 6) is 2.20. The average molecular weight is 590 g/mol. The van der Waals surface area contributed by atoms with Crippen molar-refractivity contribution in [1.29, 1.82) is 0 Å². The van der Waals surface area contributed by atoms with Crippen molar-refractivity contribution < 1.29 is 9.53 Å². The van der Waals surface area contributed by atoms with Gasteiger partial charge in [0, 0.05) is 73.9 Å². The molecule has 7 rings (SSSR count). The van der Waals surface area contributed by atoms with Gasteiger partial charge in [0.2, 0.25) is 0 Å². The summed E-state index contributed by atoms with van der Waals surface area (Å²) in [7, 11) is 2.17. The summed E-state index contributed by atoms with van der Waals surface area (Å²) < 4.78 is 7.82. The summed E-state index contributed by atoms with van der Waals surface area (Å²) in [5, 5.41) is 8.43. The molecule has 0 spiro atoms. The zero-order chi connectivity index (χ0) is 30.0. The van der Waals surface area contributed by atoms with Crippen LogP contribution < -0.4 is 15.0 Å². The van der Waals surface area contributed by atoms with E-state index in [-0.39, 0.29) is 5.91 Å². The van der Waals surface area contributed by atoms with Crippen molar-refractivity contribution >= 4 is 39.6 Å². The van der Waals surface area contributed by atoms with Crippen LogP contribution >= 0.6 is 0 Å². The van der Waals surface area contributed by atoms with Gasteiger partial charge in [0.1, 0.15) is 30.0 Å². The molecule has 11 nitrogen and oxygen atoms in total. The van der Waals surface area contributed by atoms with Crippen LogP contribution in [0.2, 0.25) is 0 Å². The topological polar surface area (TPSA) is 104 Å². The highest BCUT2D eigenvalue weighted by Gasteiger charge is 2.27.